The first kappa shape index (κ1) is 13.6. The van der Waals surface area contributed by atoms with Crippen molar-refractivity contribution in [1.29, 1.82) is 0 Å². The van der Waals surface area contributed by atoms with Gasteiger partial charge in [-0.05, 0) is 52.3 Å². The average molecular weight is 361 g/mol. The lowest BCUT2D eigenvalue weighted by Gasteiger charge is -2.45. The van der Waals surface area contributed by atoms with E-state index in [9.17, 15) is 0 Å². The summed E-state index contributed by atoms with van der Waals surface area (Å²) in [5.41, 5.74) is 7.63. The zero-order valence-electron chi connectivity index (χ0n) is 12.7. The lowest BCUT2D eigenvalue weighted by atomic mass is 9.58. The highest BCUT2D eigenvalue weighted by molar-refractivity contribution is 9.10. The van der Waals surface area contributed by atoms with Gasteiger partial charge in [-0.2, -0.15) is 0 Å². The summed E-state index contributed by atoms with van der Waals surface area (Å²) in [4.78, 5) is 0. The number of fused-ring (bicyclic) bond motifs is 1. The van der Waals surface area contributed by atoms with Crippen molar-refractivity contribution < 1.29 is 0 Å². The molecule has 0 fully saturated rings. The van der Waals surface area contributed by atoms with Crippen molar-refractivity contribution in [2.24, 2.45) is 0 Å². The molecule has 6 rings (SSSR count). The SMILES string of the molecule is Brc1ccc(C2CC3c4ccccc4C2c2ccccc23)cc1. The van der Waals surface area contributed by atoms with Gasteiger partial charge in [0.15, 0.2) is 0 Å². The Hall–Kier alpha value is -1.86. The third kappa shape index (κ3) is 1.96. The first-order valence-corrected chi connectivity index (χ1v) is 9.05. The van der Waals surface area contributed by atoms with Gasteiger partial charge in [-0.25, -0.2) is 0 Å². The van der Waals surface area contributed by atoms with Crippen LogP contribution in [0.2, 0.25) is 0 Å². The summed E-state index contributed by atoms with van der Waals surface area (Å²) in [7, 11) is 0. The Bertz CT molecular complexity index is 831. The van der Waals surface area contributed by atoms with Gasteiger partial charge in [0.1, 0.15) is 0 Å². The molecular formula is C22H17Br. The van der Waals surface area contributed by atoms with E-state index in [1.165, 1.54) is 23.1 Å². The first-order valence-electron chi connectivity index (χ1n) is 8.26. The largest absolute Gasteiger partial charge is 0.0620 e. The maximum absolute atomic E-state index is 3.56. The topological polar surface area (TPSA) is 0 Å². The van der Waals surface area contributed by atoms with E-state index >= 15 is 0 Å². The minimum absolute atomic E-state index is 0.494. The smallest absolute Gasteiger partial charge is 0.0175 e. The second-order valence-electron chi connectivity index (χ2n) is 6.68. The van der Waals surface area contributed by atoms with E-state index < -0.39 is 0 Å². The molecule has 0 saturated heterocycles. The fourth-order valence-electron chi connectivity index (χ4n) is 4.67. The van der Waals surface area contributed by atoms with Crippen molar-refractivity contribution in [2.45, 2.75) is 24.2 Å². The molecule has 0 spiro atoms. The Labute approximate surface area is 145 Å². The number of benzene rings is 3. The molecule has 0 radical (unpaired) electrons. The number of rotatable bonds is 1. The Balaban J connectivity index is 1.72. The molecule has 2 bridgehead atoms. The lowest BCUT2D eigenvalue weighted by molar-refractivity contribution is 0.450. The summed E-state index contributed by atoms with van der Waals surface area (Å²) in [5, 5.41) is 0. The maximum Gasteiger partial charge on any atom is 0.0175 e. The van der Waals surface area contributed by atoms with Gasteiger partial charge in [-0.15, -0.1) is 0 Å². The highest BCUT2D eigenvalue weighted by Gasteiger charge is 2.43. The molecule has 1 heteroatoms. The molecule has 3 aliphatic rings. The standard InChI is InChI=1S/C22H17Br/c23-15-11-9-14(10-12-15)20-13-21-16-5-1-3-7-18(16)22(20)19-8-4-2-6-17(19)21/h1-12,20-22H,13H2. The van der Waals surface area contributed by atoms with Crippen LogP contribution < -0.4 is 0 Å². The fourth-order valence-corrected chi connectivity index (χ4v) is 4.94. The van der Waals surface area contributed by atoms with Gasteiger partial charge in [0.2, 0.25) is 0 Å². The van der Waals surface area contributed by atoms with Crippen molar-refractivity contribution in [2.75, 3.05) is 0 Å². The summed E-state index contributed by atoms with van der Waals surface area (Å²) >= 11 is 3.56. The summed E-state index contributed by atoms with van der Waals surface area (Å²) in [6, 6.07) is 27.1. The van der Waals surface area contributed by atoms with Gasteiger partial charge >= 0.3 is 0 Å². The van der Waals surface area contributed by atoms with Crippen molar-refractivity contribution in [3.8, 4) is 0 Å². The maximum atomic E-state index is 3.56. The Morgan fingerprint density at radius 1 is 0.652 bits per heavy atom. The van der Waals surface area contributed by atoms with Crippen LogP contribution in [0, 0.1) is 0 Å². The van der Waals surface area contributed by atoms with Crippen molar-refractivity contribution >= 4 is 15.9 Å². The van der Waals surface area contributed by atoms with Gasteiger partial charge < -0.3 is 0 Å². The molecule has 0 aromatic heterocycles. The van der Waals surface area contributed by atoms with Gasteiger partial charge in [-0.3, -0.25) is 0 Å². The normalized spacial score (nSPS) is 24.1. The molecule has 0 nitrogen and oxygen atoms in total. The van der Waals surface area contributed by atoms with E-state index in [4.69, 9.17) is 0 Å². The van der Waals surface area contributed by atoms with E-state index in [2.05, 4.69) is 88.7 Å². The number of hydrogen-bond donors (Lipinski definition) is 0. The van der Waals surface area contributed by atoms with Crippen LogP contribution in [0.4, 0.5) is 0 Å². The zero-order chi connectivity index (χ0) is 15.4. The van der Waals surface area contributed by atoms with E-state index in [0.29, 0.717) is 17.8 Å². The van der Waals surface area contributed by atoms with Crippen LogP contribution in [0.1, 0.15) is 52.0 Å². The third-order valence-corrected chi connectivity index (χ3v) is 6.13. The molecule has 1 unspecified atom stereocenters. The highest BCUT2D eigenvalue weighted by atomic mass is 79.9. The molecule has 3 aliphatic carbocycles. The van der Waals surface area contributed by atoms with Gasteiger partial charge in [0.05, 0.1) is 0 Å². The second kappa shape index (κ2) is 5.07. The summed E-state index contributed by atoms with van der Waals surface area (Å²) in [6.07, 6.45) is 1.22. The molecule has 1 atom stereocenters. The summed E-state index contributed by atoms with van der Waals surface area (Å²) in [6.45, 7) is 0. The summed E-state index contributed by atoms with van der Waals surface area (Å²) < 4.78 is 1.16. The molecule has 0 heterocycles. The van der Waals surface area contributed by atoms with Crippen LogP contribution in [0.15, 0.2) is 77.3 Å². The number of hydrogen-bond acceptors (Lipinski definition) is 0. The quantitative estimate of drug-likeness (QED) is 0.483. The van der Waals surface area contributed by atoms with Crippen LogP contribution in [-0.4, -0.2) is 0 Å². The fraction of sp³-hybridized carbons (Fsp3) is 0.182. The molecular weight excluding hydrogens is 344 g/mol. The van der Waals surface area contributed by atoms with E-state index in [1.807, 2.05) is 0 Å². The van der Waals surface area contributed by atoms with E-state index in [1.54, 1.807) is 11.1 Å². The Morgan fingerprint density at radius 3 is 1.74 bits per heavy atom. The first-order chi connectivity index (χ1) is 11.3. The zero-order valence-corrected chi connectivity index (χ0v) is 14.3. The summed E-state index contributed by atoms with van der Waals surface area (Å²) in [5.74, 6) is 1.62. The Kier molecular flexibility index (Phi) is 2.99. The van der Waals surface area contributed by atoms with Gasteiger partial charge in [0.25, 0.3) is 0 Å². The lowest BCUT2D eigenvalue weighted by Crippen LogP contribution is -2.30. The predicted octanol–water partition coefficient (Wildman–Crippen LogP) is 6.21. The third-order valence-electron chi connectivity index (χ3n) is 5.60. The minimum Gasteiger partial charge on any atom is -0.0620 e. The van der Waals surface area contributed by atoms with Crippen LogP contribution in [0.3, 0.4) is 0 Å². The van der Waals surface area contributed by atoms with E-state index in [-0.39, 0.29) is 0 Å². The highest BCUT2D eigenvalue weighted by Crippen LogP contribution is 2.58. The minimum atomic E-state index is 0.494. The van der Waals surface area contributed by atoms with Crippen molar-refractivity contribution in [3.63, 3.8) is 0 Å². The van der Waals surface area contributed by atoms with E-state index in [0.717, 1.165) is 4.47 Å². The molecule has 112 valence electrons. The van der Waals surface area contributed by atoms with Gasteiger partial charge in [0, 0.05) is 16.3 Å². The van der Waals surface area contributed by atoms with Crippen LogP contribution in [0.25, 0.3) is 0 Å². The van der Waals surface area contributed by atoms with Gasteiger partial charge in [-0.1, -0.05) is 76.6 Å². The van der Waals surface area contributed by atoms with Crippen molar-refractivity contribution in [1.82, 2.24) is 0 Å². The molecule has 0 amide bonds. The van der Waals surface area contributed by atoms with Crippen LogP contribution in [0.5, 0.6) is 0 Å². The molecule has 0 saturated carbocycles. The second-order valence-corrected chi connectivity index (χ2v) is 7.60. The van der Waals surface area contributed by atoms with Crippen molar-refractivity contribution in [3.05, 3.63) is 105 Å². The monoisotopic (exact) mass is 360 g/mol. The van der Waals surface area contributed by atoms with Crippen LogP contribution >= 0.6 is 15.9 Å². The average Bonchev–Trinajstić information content (AvgIpc) is 2.62. The Morgan fingerprint density at radius 2 is 1.17 bits per heavy atom. The number of halogens is 1. The van der Waals surface area contributed by atoms with Crippen LogP contribution in [-0.2, 0) is 0 Å². The molecule has 0 N–H and O–H groups in total. The molecule has 0 aliphatic heterocycles. The molecule has 3 aromatic carbocycles. The molecule has 3 aromatic rings. The molecule has 23 heavy (non-hydrogen) atoms. The predicted molar refractivity (Wildman–Crippen MR) is 98.1 cm³/mol.